The molecule has 254 valence electrons. The molecular formula is C35H42F3N3O6. The highest BCUT2D eigenvalue weighted by Gasteiger charge is 2.38. The number of nitrogens with zero attached hydrogens (tertiary/aromatic N) is 3. The summed E-state index contributed by atoms with van der Waals surface area (Å²) in [6.07, 6.45) is 8.75. The van der Waals surface area contributed by atoms with Gasteiger partial charge in [-0.05, 0) is 86.1 Å². The van der Waals surface area contributed by atoms with Crippen molar-refractivity contribution in [3.63, 3.8) is 0 Å². The van der Waals surface area contributed by atoms with Crippen LogP contribution in [0.3, 0.4) is 0 Å². The van der Waals surface area contributed by atoms with E-state index in [1.165, 1.54) is 42.5 Å². The third-order valence-electron chi connectivity index (χ3n) is 9.37. The van der Waals surface area contributed by atoms with Crippen molar-refractivity contribution in [2.75, 3.05) is 31.7 Å². The monoisotopic (exact) mass is 657 g/mol. The van der Waals surface area contributed by atoms with E-state index in [9.17, 15) is 23.1 Å². The maximum Gasteiger partial charge on any atom is 0.490 e. The Balaban J connectivity index is 0.000000559. The summed E-state index contributed by atoms with van der Waals surface area (Å²) in [5.41, 5.74) is 4.69. The second-order valence-electron chi connectivity index (χ2n) is 12.7. The number of halogens is 3. The predicted molar refractivity (Wildman–Crippen MR) is 170 cm³/mol. The average molecular weight is 658 g/mol. The normalized spacial score (nSPS) is 17.9. The minimum absolute atomic E-state index is 0.0895. The van der Waals surface area contributed by atoms with E-state index in [-0.39, 0.29) is 12.3 Å². The standard InChI is InChI=1S/C33H41N3O4.C2HF3O2/c1-39-28-11-12-30(26-20-34-36(21-26)27-6-2-3-7-27)32(18-28)35-15-13-23(14-16-35)22-40-29-8-4-5-25(17-29)31(19-33(37)38)24-9-10-24;3-2(4,5)1(6)7/h4-5,8,11-12,17-18,20-21,23-24,27,31H,2-3,6-7,9-10,13-16,19,22H2,1H3,(H,37,38);(H,6,7)/t31-;/m0./s1. The average Bonchev–Trinajstić information content (AvgIpc) is 3.51. The number of carbonyl (C=O) groups is 2. The van der Waals surface area contributed by atoms with E-state index in [4.69, 9.17) is 24.5 Å². The lowest BCUT2D eigenvalue weighted by Gasteiger charge is -2.34. The van der Waals surface area contributed by atoms with Gasteiger partial charge >= 0.3 is 18.1 Å². The van der Waals surface area contributed by atoms with Gasteiger partial charge in [0.2, 0.25) is 0 Å². The van der Waals surface area contributed by atoms with Gasteiger partial charge in [-0.2, -0.15) is 18.3 Å². The van der Waals surface area contributed by atoms with Gasteiger partial charge in [0.05, 0.1) is 32.4 Å². The number of benzene rings is 2. The molecule has 1 saturated heterocycles. The Morgan fingerprint density at radius 1 is 0.979 bits per heavy atom. The second-order valence-corrected chi connectivity index (χ2v) is 12.7. The number of anilines is 1. The largest absolute Gasteiger partial charge is 0.497 e. The molecule has 1 aromatic heterocycles. The number of carboxylic acid groups (broad SMARTS) is 2. The Morgan fingerprint density at radius 2 is 1.68 bits per heavy atom. The van der Waals surface area contributed by atoms with Crippen LogP contribution in [0, 0.1) is 11.8 Å². The zero-order valence-corrected chi connectivity index (χ0v) is 26.5. The number of aromatic nitrogens is 2. The number of piperidine rings is 1. The van der Waals surface area contributed by atoms with Gasteiger partial charge in [0, 0.05) is 42.2 Å². The third-order valence-corrected chi connectivity index (χ3v) is 9.37. The van der Waals surface area contributed by atoms with Gasteiger partial charge in [-0.3, -0.25) is 9.48 Å². The first kappa shape index (κ1) is 34.1. The molecule has 0 unspecified atom stereocenters. The van der Waals surface area contributed by atoms with Crippen LogP contribution in [0.5, 0.6) is 11.5 Å². The van der Waals surface area contributed by atoms with E-state index in [0.29, 0.717) is 24.5 Å². The van der Waals surface area contributed by atoms with Gasteiger partial charge in [-0.25, -0.2) is 4.79 Å². The van der Waals surface area contributed by atoms with Crippen LogP contribution in [0.2, 0.25) is 0 Å². The molecule has 2 aliphatic carbocycles. The van der Waals surface area contributed by atoms with Crippen LogP contribution in [-0.2, 0) is 9.59 Å². The van der Waals surface area contributed by atoms with Gasteiger partial charge in [-0.15, -0.1) is 0 Å². The van der Waals surface area contributed by atoms with Crippen molar-refractivity contribution in [1.82, 2.24) is 9.78 Å². The molecular weight excluding hydrogens is 615 g/mol. The molecule has 2 aromatic carbocycles. The summed E-state index contributed by atoms with van der Waals surface area (Å²) in [6.45, 7) is 2.62. The Hall–Kier alpha value is -4.22. The summed E-state index contributed by atoms with van der Waals surface area (Å²) < 4.78 is 45.8. The van der Waals surface area contributed by atoms with Crippen LogP contribution in [-0.4, -0.2) is 64.9 Å². The molecule has 2 saturated carbocycles. The van der Waals surface area contributed by atoms with Crippen LogP contribution in [0.4, 0.5) is 18.9 Å². The Morgan fingerprint density at radius 3 is 2.30 bits per heavy atom. The van der Waals surface area contributed by atoms with Crippen LogP contribution < -0.4 is 14.4 Å². The number of rotatable bonds is 11. The molecule has 1 aliphatic heterocycles. The minimum Gasteiger partial charge on any atom is -0.497 e. The lowest BCUT2D eigenvalue weighted by Crippen LogP contribution is -2.35. The van der Waals surface area contributed by atoms with E-state index < -0.39 is 18.1 Å². The van der Waals surface area contributed by atoms with E-state index in [0.717, 1.165) is 55.8 Å². The smallest absolute Gasteiger partial charge is 0.490 e. The Bertz CT molecular complexity index is 1510. The highest BCUT2D eigenvalue weighted by Crippen LogP contribution is 2.45. The number of hydrogen-bond acceptors (Lipinski definition) is 6. The van der Waals surface area contributed by atoms with Crippen molar-refractivity contribution >= 4 is 17.6 Å². The fraction of sp³-hybridized carbons (Fsp3) is 0.514. The number of carboxylic acids is 2. The van der Waals surface area contributed by atoms with Crippen molar-refractivity contribution in [3.8, 4) is 22.6 Å². The number of ether oxygens (including phenoxy) is 2. The molecule has 0 spiro atoms. The second kappa shape index (κ2) is 15.1. The molecule has 6 rings (SSSR count). The molecule has 0 bridgehead atoms. The lowest BCUT2D eigenvalue weighted by molar-refractivity contribution is -0.192. The molecule has 3 fully saturated rings. The lowest BCUT2D eigenvalue weighted by atomic mass is 9.91. The summed E-state index contributed by atoms with van der Waals surface area (Å²) in [6, 6.07) is 15.0. The third kappa shape index (κ3) is 9.20. The summed E-state index contributed by atoms with van der Waals surface area (Å²) >= 11 is 0. The molecule has 0 amide bonds. The van der Waals surface area contributed by atoms with Gasteiger partial charge in [0.15, 0.2) is 0 Å². The number of alkyl halides is 3. The van der Waals surface area contributed by atoms with E-state index in [2.05, 4.69) is 40.0 Å². The highest BCUT2D eigenvalue weighted by molar-refractivity contribution is 5.79. The SMILES string of the molecule is COc1ccc(-c2cnn(C3CCCC3)c2)c(N2CCC(COc3cccc([C@@H](CC(=O)O)C4CC4)c3)CC2)c1.O=C(O)C(F)(F)F. The van der Waals surface area contributed by atoms with E-state index >= 15 is 0 Å². The summed E-state index contributed by atoms with van der Waals surface area (Å²) in [5, 5.41) is 21.2. The molecule has 2 heterocycles. The van der Waals surface area contributed by atoms with Gasteiger partial charge in [-0.1, -0.05) is 25.0 Å². The highest BCUT2D eigenvalue weighted by atomic mass is 19.4. The molecule has 9 nitrogen and oxygen atoms in total. The van der Waals surface area contributed by atoms with Crippen molar-refractivity contribution in [3.05, 3.63) is 60.4 Å². The first-order chi connectivity index (χ1) is 22.5. The van der Waals surface area contributed by atoms with Crippen molar-refractivity contribution in [1.29, 1.82) is 0 Å². The number of methoxy groups -OCH3 is 1. The van der Waals surface area contributed by atoms with Crippen molar-refractivity contribution in [2.24, 2.45) is 11.8 Å². The fourth-order valence-electron chi connectivity index (χ4n) is 6.62. The molecule has 47 heavy (non-hydrogen) atoms. The van der Waals surface area contributed by atoms with Crippen LogP contribution >= 0.6 is 0 Å². The maximum absolute atomic E-state index is 11.4. The summed E-state index contributed by atoms with van der Waals surface area (Å²) in [4.78, 5) is 22.8. The first-order valence-corrected chi connectivity index (χ1v) is 16.2. The van der Waals surface area contributed by atoms with Crippen molar-refractivity contribution < 1.29 is 42.4 Å². The maximum atomic E-state index is 11.4. The molecule has 3 aliphatic rings. The van der Waals surface area contributed by atoms with Gasteiger partial charge in [0.25, 0.3) is 0 Å². The van der Waals surface area contributed by atoms with E-state index in [1.807, 2.05) is 24.4 Å². The molecule has 12 heteroatoms. The van der Waals surface area contributed by atoms with Crippen LogP contribution in [0.25, 0.3) is 11.1 Å². The first-order valence-electron chi connectivity index (χ1n) is 16.2. The Labute approximate surface area is 272 Å². The predicted octanol–water partition coefficient (Wildman–Crippen LogP) is 7.57. The van der Waals surface area contributed by atoms with Gasteiger partial charge < -0.3 is 24.6 Å². The number of hydrogen-bond donors (Lipinski definition) is 2. The fourth-order valence-corrected chi connectivity index (χ4v) is 6.62. The zero-order valence-electron chi connectivity index (χ0n) is 26.5. The minimum atomic E-state index is -5.08. The van der Waals surface area contributed by atoms with E-state index in [1.54, 1.807) is 7.11 Å². The van der Waals surface area contributed by atoms with Gasteiger partial charge in [0.1, 0.15) is 11.5 Å². The number of aliphatic carboxylic acids is 2. The zero-order chi connectivity index (χ0) is 33.6. The van der Waals surface area contributed by atoms with Crippen molar-refractivity contribution in [2.45, 2.75) is 75.9 Å². The Kier molecular flexibility index (Phi) is 11.0. The topological polar surface area (TPSA) is 114 Å². The molecule has 1 atom stereocenters. The summed E-state index contributed by atoms with van der Waals surface area (Å²) in [5.74, 6) is -0.688. The quantitative estimate of drug-likeness (QED) is 0.217. The molecule has 2 N–H and O–H groups in total. The molecule has 0 radical (unpaired) electrons. The summed E-state index contributed by atoms with van der Waals surface area (Å²) in [7, 11) is 1.73. The van der Waals surface area contributed by atoms with Crippen LogP contribution in [0.15, 0.2) is 54.9 Å². The van der Waals surface area contributed by atoms with Crippen LogP contribution in [0.1, 0.15) is 75.3 Å². The molecule has 3 aromatic rings.